The van der Waals surface area contributed by atoms with E-state index in [1.165, 1.54) is 24.5 Å². The van der Waals surface area contributed by atoms with Crippen molar-refractivity contribution in [2.45, 2.75) is 0 Å². The molecule has 2 heterocycles. The smallest absolute Gasteiger partial charge is 0.294 e. The molecule has 0 unspecified atom stereocenters. The van der Waals surface area contributed by atoms with Crippen molar-refractivity contribution in [3.63, 3.8) is 0 Å². The van der Waals surface area contributed by atoms with Crippen LogP contribution in [-0.4, -0.2) is 85.6 Å². The van der Waals surface area contributed by atoms with Gasteiger partial charge in [0, 0.05) is 44.0 Å². The molecular formula is C26H30N8O5S. The zero-order valence-electron chi connectivity index (χ0n) is 23.0. The first kappa shape index (κ1) is 28.4. The van der Waals surface area contributed by atoms with Crippen LogP contribution in [0.1, 0.15) is 0 Å². The van der Waals surface area contributed by atoms with Crippen LogP contribution in [0.3, 0.4) is 0 Å². The number of nitrogens with one attached hydrogen (secondary N) is 1. The first-order valence-electron chi connectivity index (χ1n) is 12.1. The monoisotopic (exact) mass is 566 g/mol. The van der Waals surface area contributed by atoms with Crippen LogP contribution in [-0.2, 0) is 0 Å². The lowest BCUT2D eigenvalue weighted by Crippen LogP contribution is -2.28. The minimum Gasteiger partial charge on any atom is -0.494 e. The summed E-state index contributed by atoms with van der Waals surface area (Å²) in [6.45, 7) is 1.33. The Kier molecular flexibility index (Phi) is 8.91. The molecular weight excluding hydrogens is 536 g/mol. The van der Waals surface area contributed by atoms with E-state index < -0.39 is 4.92 Å². The molecule has 2 aromatic carbocycles. The SMILES string of the molecule is COc1cc(N(C)CCN(C)C)c([N+](=O)[O-])cc1Nc1nccc(-c2nnc(-c3ccc(OC)c(OC)c3)s2)n1. The Morgan fingerprint density at radius 2 is 1.65 bits per heavy atom. The second-order valence-electron chi connectivity index (χ2n) is 8.90. The van der Waals surface area contributed by atoms with E-state index in [4.69, 9.17) is 14.2 Å². The lowest BCUT2D eigenvalue weighted by atomic mass is 10.2. The van der Waals surface area contributed by atoms with Crippen LogP contribution in [0.5, 0.6) is 17.2 Å². The van der Waals surface area contributed by atoms with Crippen LogP contribution < -0.4 is 24.4 Å². The molecule has 14 heteroatoms. The van der Waals surface area contributed by atoms with Crippen molar-refractivity contribution in [2.24, 2.45) is 0 Å². The average Bonchev–Trinajstić information content (AvgIpc) is 3.46. The van der Waals surface area contributed by atoms with Gasteiger partial charge in [0.25, 0.3) is 5.69 Å². The Labute approximate surface area is 235 Å². The molecule has 0 saturated carbocycles. The van der Waals surface area contributed by atoms with Gasteiger partial charge in [0.1, 0.15) is 22.1 Å². The molecule has 0 amide bonds. The van der Waals surface area contributed by atoms with Crippen molar-refractivity contribution in [2.75, 3.05) is 65.8 Å². The molecule has 2 aromatic heterocycles. The van der Waals surface area contributed by atoms with E-state index in [2.05, 4.69) is 25.5 Å². The summed E-state index contributed by atoms with van der Waals surface area (Å²) in [5.41, 5.74) is 2.10. The quantitative estimate of drug-likeness (QED) is 0.193. The maximum absolute atomic E-state index is 11.9. The molecule has 0 saturated heterocycles. The zero-order chi connectivity index (χ0) is 28.8. The van der Waals surface area contributed by atoms with Gasteiger partial charge >= 0.3 is 0 Å². The molecule has 0 atom stereocenters. The molecule has 210 valence electrons. The number of benzene rings is 2. The molecule has 4 rings (SSSR count). The van der Waals surface area contributed by atoms with Crippen LogP contribution in [0.4, 0.5) is 23.0 Å². The maximum Gasteiger partial charge on any atom is 0.294 e. The number of nitrogens with zero attached hydrogens (tertiary/aromatic N) is 7. The summed E-state index contributed by atoms with van der Waals surface area (Å²) in [4.78, 5) is 24.2. The topological polar surface area (TPSA) is 141 Å². The molecule has 0 radical (unpaired) electrons. The maximum atomic E-state index is 11.9. The molecule has 0 aliphatic rings. The van der Waals surface area contributed by atoms with Gasteiger partial charge in [-0.2, -0.15) is 0 Å². The van der Waals surface area contributed by atoms with Crippen molar-refractivity contribution in [3.05, 3.63) is 52.7 Å². The van der Waals surface area contributed by atoms with Gasteiger partial charge in [0.2, 0.25) is 5.95 Å². The first-order chi connectivity index (χ1) is 19.2. The number of aromatic nitrogens is 4. The van der Waals surface area contributed by atoms with Gasteiger partial charge in [-0.3, -0.25) is 10.1 Å². The van der Waals surface area contributed by atoms with E-state index >= 15 is 0 Å². The van der Waals surface area contributed by atoms with Gasteiger partial charge in [0.15, 0.2) is 16.5 Å². The highest BCUT2D eigenvalue weighted by atomic mass is 32.1. The number of rotatable bonds is 12. The third-order valence-corrected chi connectivity index (χ3v) is 6.96. The van der Waals surface area contributed by atoms with E-state index in [0.29, 0.717) is 50.9 Å². The Bertz CT molecular complexity index is 1500. The van der Waals surface area contributed by atoms with Crippen LogP contribution in [0.15, 0.2) is 42.6 Å². The minimum atomic E-state index is -0.416. The highest BCUT2D eigenvalue weighted by Crippen LogP contribution is 2.39. The fourth-order valence-corrected chi connectivity index (χ4v) is 4.63. The van der Waals surface area contributed by atoms with E-state index in [-0.39, 0.29) is 11.6 Å². The van der Waals surface area contributed by atoms with Crippen LogP contribution in [0, 0.1) is 10.1 Å². The summed E-state index contributed by atoms with van der Waals surface area (Å²) < 4.78 is 16.3. The fourth-order valence-electron chi connectivity index (χ4n) is 3.82. The number of ether oxygens (including phenoxy) is 3. The average molecular weight is 567 g/mol. The zero-order valence-corrected chi connectivity index (χ0v) is 23.9. The minimum absolute atomic E-state index is 0.0654. The predicted octanol–water partition coefficient (Wildman–Crippen LogP) is 4.34. The number of nitro groups is 1. The molecule has 0 aliphatic carbocycles. The summed E-state index contributed by atoms with van der Waals surface area (Å²) >= 11 is 1.35. The van der Waals surface area contributed by atoms with Gasteiger partial charge in [0.05, 0.1) is 31.9 Å². The highest BCUT2D eigenvalue weighted by molar-refractivity contribution is 7.17. The third kappa shape index (κ3) is 6.35. The Hall–Kier alpha value is -4.56. The van der Waals surface area contributed by atoms with Crippen LogP contribution in [0.25, 0.3) is 21.3 Å². The Morgan fingerprint density at radius 1 is 0.925 bits per heavy atom. The van der Waals surface area contributed by atoms with E-state index in [1.54, 1.807) is 38.6 Å². The summed E-state index contributed by atoms with van der Waals surface area (Å²) in [7, 11) is 10.4. The molecule has 0 spiro atoms. The van der Waals surface area contributed by atoms with Gasteiger partial charge in [-0.1, -0.05) is 11.3 Å². The molecule has 0 aliphatic heterocycles. The lowest BCUT2D eigenvalue weighted by molar-refractivity contribution is -0.384. The second kappa shape index (κ2) is 12.5. The number of likely N-dealkylation sites (N-methyl/N-ethyl adjacent to an activating group) is 2. The lowest BCUT2D eigenvalue weighted by Gasteiger charge is -2.22. The normalized spacial score (nSPS) is 10.9. The third-order valence-electron chi connectivity index (χ3n) is 5.96. The Balaban J connectivity index is 1.61. The summed E-state index contributed by atoms with van der Waals surface area (Å²) in [5.74, 6) is 1.84. The van der Waals surface area contributed by atoms with E-state index in [9.17, 15) is 10.1 Å². The molecule has 1 N–H and O–H groups in total. The second-order valence-corrected chi connectivity index (χ2v) is 9.87. The number of nitro benzene ring substituents is 1. The summed E-state index contributed by atoms with van der Waals surface area (Å²) in [6.07, 6.45) is 1.58. The molecule has 40 heavy (non-hydrogen) atoms. The Morgan fingerprint density at radius 3 is 2.33 bits per heavy atom. The van der Waals surface area contributed by atoms with Gasteiger partial charge in [-0.05, 0) is 38.4 Å². The van der Waals surface area contributed by atoms with E-state index in [0.717, 1.165) is 12.1 Å². The number of methoxy groups -OCH3 is 3. The standard InChI is InChI=1S/C26H30N8O5S/c1-32(2)11-12-33(3)19-15-22(38-5)18(14-20(19)34(35)36)29-26-27-10-9-17(28-26)25-31-30-24(40-25)16-7-8-21(37-4)23(13-16)39-6/h7-10,13-15H,11-12H2,1-6H3,(H,27,28,29). The molecule has 0 bridgehead atoms. The van der Waals surface area contributed by atoms with Crippen molar-refractivity contribution >= 4 is 34.3 Å². The summed E-state index contributed by atoms with van der Waals surface area (Å²) in [5, 5.41) is 24.9. The summed E-state index contributed by atoms with van der Waals surface area (Å²) in [6, 6.07) is 10.3. The van der Waals surface area contributed by atoms with Crippen molar-refractivity contribution < 1.29 is 19.1 Å². The number of hydrogen-bond donors (Lipinski definition) is 1. The number of hydrogen-bond acceptors (Lipinski definition) is 13. The van der Waals surface area contributed by atoms with Gasteiger partial charge < -0.3 is 29.3 Å². The first-order valence-corrected chi connectivity index (χ1v) is 12.9. The van der Waals surface area contributed by atoms with Gasteiger partial charge in [-0.25, -0.2) is 9.97 Å². The highest BCUT2D eigenvalue weighted by Gasteiger charge is 2.23. The van der Waals surface area contributed by atoms with Crippen molar-refractivity contribution in [1.82, 2.24) is 25.1 Å². The van der Waals surface area contributed by atoms with E-state index in [1.807, 2.05) is 43.1 Å². The molecule has 4 aromatic rings. The van der Waals surface area contributed by atoms with Crippen molar-refractivity contribution in [3.8, 4) is 38.5 Å². The van der Waals surface area contributed by atoms with Crippen LogP contribution >= 0.6 is 11.3 Å². The van der Waals surface area contributed by atoms with Crippen molar-refractivity contribution in [1.29, 1.82) is 0 Å². The number of anilines is 3. The van der Waals surface area contributed by atoms with Crippen LogP contribution in [0.2, 0.25) is 0 Å². The predicted molar refractivity (Wildman–Crippen MR) is 154 cm³/mol. The fraction of sp³-hybridized carbons (Fsp3) is 0.308. The molecule has 13 nitrogen and oxygen atoms in total. The largest absolute Gasteiger partial charge is 0.494 e. The molecule has 0 fully saturated rings. The van der Waals surface area contributed by atoms with Gasteiger partial charge in [-0.15, -0.1) is 10.2 Å².